The molecule has 3 aromatic rings. The van der Waals surface area contributed by atoms with E-state index in [4.69, 9.17) is 27.9 Å². The van der Waals surface area contributed by atoms with Gasteiger partial charge >= 0.3 is 11.8 Å². The molecule has 0 fully saturated rings. The van der Waals surface area contributed by atoms with Gasteiger partial charge in [-0.15, -0.1) is 0 Å². The molecule has 0 bridgehead atoms. The van der Waals surface area contributed by atoms with Gasteiger partial charge in [0.1, 0.15) is 5.75 Å². The van der Waals surface area contributed by atoms with Crippen LogP contribution in [0, 0.1) is 0 Å². The van der Waals surface area contributed by atoms with Crippen molar-refractivity contribution in [3.05, 3.63) is 87.9 Å². The number of halogens is 2. The first-order valence-corrected chi connectivity index (χ1v) is 11.3. The number of hydrogen-bond donors (Lipinski definition) is 3. The Bertz CT molecular complexity index is 1260. The first-order chi connectivity index (χ1) is 16.9. The highest BCUT2D eigenvalue weighted by atomic mass is 35.5. The van der Waals surface area contributed by atoms with Crippen LogP contribution >= 0.6 is 23.2 Å². The average Bonchev–Trinajstić information content (AvgIpc) is 2.85. The molecule has 10 heteroatoms. The lowest BCUT2D eigenvalue weighted by molar-refractivity contribution is -0.136. The van der Waals surface area contributed by atoms with E-state index >= 15 is 0 Å². The first-order valence-electron chi connectivity index (χ1n) is 10.6. The number of benzene rings is 3. The number of hydrogen-bond acceptors (Lipinski definition) is 5. The van der Waals surface area contributed by atoms with Crippen molar-refractivity contribution in [2.45, 2.75) is 13.3 Å². The third-order valence-corrected chi connectivity index (χ3v) is 5.32. The highest BCUT2D eigenvalue weighted by molar-refractivity contribution is 6.39. The van der Waals surface area contributed by atoms with E-state index in [9.17, 15) is 14.4 Å². The van der Waals surface area contributed by atoms with Crippen LogP contribution in [0.5, 0.6) is 5.75 Å². The molecule has 0 unspecified atom stereocenters. The van der Waals surface area contributed by atoms with Crippen LogP contribution in [-0.4, -0.2) is 30.5 Å². The third-order valence-electron chi connectivity index (χ3n) is 4.70. The Labute approximate surface area is 212 Å². The van der Waals surface area contributed by atoms with Gasteiger partial charge in [-0.05, 0) is 53.9 Å². The van der Waals surface area contributed by atoms with E-state index in [0.717, 1.165) is 5.56 Å². The second-order valence-electron chi connectivity index (χ2n) is 7.17. The molecule has 0 spiro atoms. The predicted octanol–water partition coefficient (Wildman–Crippen LogP) is 4.66. The zero-order valence-electron chi connectivity index (χ0n) is 18.7. The van der Waals surface area contributed by atoms with Crippen LogP contribution in [0.1, 0.15) is 18.1 Å². The summed E-state index contributed by atoms with van der Waals surface area (Å²) >= 11 is 12.2. The molecule has 0 saturated heterocycles. The molecule has 0 aromatic heterocycles. The van der Waals surface area contributed by atoms with Gasteiger partial charge in [-0.1, -0.05) is 60.5 Å². The highest BCUT2D eigenvalue weighted by Gasteiger charge is 2.14. The first kappa shape index (κ1) is 25.7. The number of carbonyl (C=O) groups is 3. The van der Waals surface area contributed by atoms with Gasteiger partial charge < -0.3 is 15.4 Å². The summed E-state index contributed by atoms with van der Waals surface area (Å²) in [6.07, 6.45) is 2.04. The Morgan fingerprint density at radius 3 is 2.31 bits per heavy atom. The van der Waals surface area contributed by atoms with Gasteiger partial charge in [-0.25, -0.2) is 5.43 Å². The molecule has 3 N–H and O–H groups in total. The van der Waals surface area contributed by atoms with Crippen molar-refractivity contribution in [1.82, 2.24) is 5.43 Å². The van der Waals surface area contributed by atoms with Gasteiger partial charge in [0.15, 0.2) is 6.61 Å². The minimum atomic E-state index is -0.914. The Hall–Kier alpha value is -3.88. The fraction of sp³-hybridized carbons (Fsp3) is 0.120. The minimum absolute atomic E-state index is 0.236. The fourth-order valence-corrected chi connectivity index (χ4v) is 3.38. The van der Waals surface area contributed by atoms with Crippen molar-refractivity contribution in [2.75, 3.05) is 17.2 Å². The minimum Gasteiger partial charge on any atom is -0.482 e. The van der Waals surface area contributed by atoms with E-state index < -0.39 is 17.7 Å². The Morgan fingerprint density at radius 1 is 0.886 bits per heavy atom. The third kappa shape index (κ3) is 7.56. The summed E-state index contributed by atoms with van der Waals surface area (Å²) < 4.78 is 5.46. The maximum Gasteiger partial charge on any atom is 0.329 e. The summed E-state index contributed by atoms with van der Waals surface area (Å²) in [6.45, 7) is 1.68. The van der Waals surface area contributed by atoms with E-state index in [1.165, 1.54) is 12.3 Å². The summed E-state index contributed by atoms with van der Waals surface area (Å²) in [4.78, 5) is 36.2. The molecule has 0 aliphatic heterocycles. The molecule has 0 saturated carbocycles. The van der Waals surface area contributed by atoms with Crippen LogP contribution in [0.25, 0.3) is 0 Å². The maximum absolute atomic E-state index is 12.1. The van der Waals surface area contributed by atoms with Crippen LogP contribution in [0.2, 0.25) is 10.0 Å². The smallest absolute Gasteiger partial charge is 0.329 e. The lowest BCUT2D eigenvalue weighted by Gasteiger charge is -2.10. The summed E-state index contributed by atoms with van der Waals surface area (Å²) in [6, 6.07) is 18.8. The molecule has 0 radical (unpaired) electrons. The number of ether oxygens (including phenoxy) is 1. The zero-order valence-corrected chi connectivity index (χ0v) is 20.2. The summed E-state index contributed by atoms with van der Waals surface area (Å²) in [5.41, 5.74) is 4.67. The summed E-state index contributed by atoms with van der Waals surface area (Å²) in [5, 5.41) is 9.65. The van der Waals surface area contributed by atoms with Crippen LogP contribution < -0.4 is 20.8 Å². The molecular weight excluding hydrogens is 491 g/mol. The topological polar surface area (TPSA) is 109 Å². The van der Waals surface area contributed by atoms with E-state index in [1.54, 1.807) is 48.5 Å². The van der Waals surface area contributed by atoms with Crippen molar-refractivity contribution in [3.63, 3.8) is 0 Å². The molecule has 0 heterocycles. The van der Waals surface area contributed by atoms with E-state index in [2.05, 4.69) is 21.2 Å². The number of aryl methyl sites for hydroxylation is 1. The highest BCUT2D eigenvalue weighted by Crippen LogP contribution is 2.25. The van der Waals surface area contributed by atoms with E-state index in [0.29, 0.717) is 28.4 Å². The lowest BCUT2D eigenvalue weighted by atomic mass is 10.1. The van der Waals surface area contributed by atoms with E-state index in [1.807, 2.05) is 19.1 Å². The Kier molecular flexibility index (Phi) is 9.23. The SMILES string of the molecule is CCc1ccccc1NC(=O)C(=O)N/N=C\c1ccc(OCC(=O)Nc2ccccc2Cl)c(Cl)c1. The van der Waals surface area contributed by atoms with Crippen LogP contribution in [0.15, 0.2) is 71.8 Å². The van der Waals surface area contributed by atoms with Crippen molar-refractivity contribution in [2.24, 2.45) is 5.10 Å². The Balaban J connectivity index is 1.50. The predicted molar refractivity (Wildman–Crippen MR) is 137 cm³/mol. The van der Waals surface area contributed by atoms with E-state index in [-0.39, 0.29) is 17.4 Å². The van der Waals surface area contributed by atoms with Crippen LogP contribution in [0.4, 0.5) is 11.4 Å². The van der Waals surface area contributed by atoms with Crippen molar-refractivity contribution >= 4 is 58.5 Å². The van der Waals surface area contributed by atoms with Crippen LogP contribution in [-0.2, 0) is 20.8 Å². The number of carbonyl (C=O) groups excluding carboxylic acids is 3. The molecule has 3 rings (SSSR count). The molecule has 180 valence electrons. The Morgan fingerprint density at radius 2 is 1.60 bits per heavy atom. The molecule has 0 aliphatic rings. The largest absolute Gasteiger partial charge is 0.482 e. The average molecular weight is 513 g/mol. The lowest BCUT2D eigenvalue weighted by Crippen LogP contribution is -2.32. The maximum atomic E-state index is 12.1. The number of anilines is 2. The monoisotopic (exact) mass is 512 g/mol. The summed E-state index contributed by atoms with van der Waals surface area (Å²) in [7, 11) is 0. The van der Waals surface area contributed by atoms with Gasteiger partial charge in [-0.3, -0.25) is 14.4 Å². The molecule has 0 atom stereocenters. The molecule has 3 amide bonds. The molecule has 8 nitrogen and oxygen atoms in total. The number of rotatable bonds is 8. The normalized spacial score (nSPS) is 10.6. The zero-order chi connectivity index (χ0) is 25.2. The molecular formula is C25H22Cl2N4O4. The second kappa shape index (κ2) is 12.5. The van der Waals surface area contributed by atoms with Gasteiger partial charge in [-0.2, -0.15) is 5.10 Å². The standard InChI is InChI=1S/C25H22Cl2N4O4/c1-2-17-7-3-5-9-20(17)30-24(33)25(34)31-28-14-16-11-12-22(19(27)13-16)35-15-23(32)29-21-10-6-4-8-18(21)26/h3-14H,2,15H2,1H3,(H,29,32)(H,30,33)(H,31,34)/b28-14-. The molecule has 35 heavy (non-hydrogen) atoms. The van der Waals surface area contributed by atoms with Crippen molar-refractivity contribution in [3.8, 4) is 5.75 Å². The number of para-hydroxylation sites is 2. The van der Waals surface area contributed by atoms with Gasteiger partial charge in [0.05, 0.1) is 21.9 Å². The number of amides is 3. The number of nitrogens with zero attached hydrogens (tertiary/aromatic N) is 1. The summed E-state index contributed by atoms with van der Waals surface area (Å²) in [5.74, 6) is -1.86. The second-order valence-corrected chi connectivity index (χ2v) is 7.98. The number of hydrazone groups is 1. The van der Waals surface area contributed by atoms with Gasteiger partial charge in [0, 0.05) is 5.69 Å². The number of nitrogens with one attached hydrogen (secondary N) is 3. The quantitative estimate of drug-likeness (QED) is 0.231. The van der Waals surface area contributed by atoms with Crippen LogP contribution in [0.3, 0.4) is 0 Å². The van der Waals surface area contributed by atoms with Crippen molar-refractivity contribution < 1.29 is 19.1 Å². The van der Waals surface area contributed by atoms with Gasteiger partial charge in [0.2, 0.25) is 0 Å². The van der Waals surface area contributed by atoms with Crippen molar-refractivity contribution in [1.29, 1.82) is 0 Å². The fourth-order valence-electron chi connectivity index (χ4n) is 2.95. The van der Waals surface area contributed by atoms with Gasteiger partial charge in [0.25, 0.3) is 5.91 Å². The molecule has 0 aliphatic carbocycles. The molecule has 3 aromatic carbocycles.